The van der Waals surface area contributed by atoms with Crippen molar-refractivity contribution in [1.29, 1.82) is 0 Å². The molecule has 1 heterocycles. The van der Waals surface area contributed by atoms with Gasteiger partial charge in [0.2, 0.25) is 10.0 Å². The molecule has 1 aromatic carbocycles. The van der Waals surface area contributed by atoms with Gasteiger partial charge in [-0.25, -0.2) is 8.42 Å². The van der Waals surface area contributed by atoms with E-state index in [1.54, 1.807) is 28.6 Å². The van der Waals surface area contributed by atoms with Crippen LogP contribution in [-0.2, 0) is 10.0 Å². The molecule has 1 aromatic rings. The third-order valence-corrected chi connectivity index (χ3v) is 7.04. The van der Waals surface area contributed by atoms with Crippen LogP contribution in [0.15, 0.2) is 29.2 Å². The zero-order chi connectivity index (χ0) is 20.0. The third-order valence-electron chi connectivity index (χ3n) is 5.20. The van der Waals surface area contributed by atoms with Gasteiger partial charge in [0.15, 0.2) is 0 Å². The molecule has 0 aromatic heterocycles. The van der Waals surface area contributed by atoms with E-state index in [4.69, 9.17) is 0 Å². The lowest BCUT2D eigenvalue weighted by Gasteiger charge is -2.34. The summed E-state index contributed by atoms with van der Waals surface area (Å²) < 4.78 is 27.4. The van der Waals surface area contributed by atoms with Gasteiger partial charge < -0.3 is 10.2 Å². The Labute approximate surface area is 164 Å². The molecule has 2 rings (SSSR count). The van der Waals surface area contributed by atoms with Crippen molar-refractivity contribution in [3.8, 4) is 0 Å². The zero-order valence-corrected chi connectivity index (χ0v) is 17.8. The van der Waals surface area contributed by atoms with Gasteiger partial charge in [-0.3, -0.25) is 4.79 Å². The van der Waals surface area contributed by atoms with Crippen molar-refractivity contribution in [2.45, 2.75) is 39.0 Å². The first-order valence-electron chi connectivity index (χ1n) is 9.88. The number of nitrogens with zero attached hydrogens (tertiary/aromatic N) is 2. The second kappa shape index (κ2) is 9.66. The third kappa shape index (κ3) is 5.77. The number of carbonyl (C=O) groups is 1. The fraction of sp³-hybridized carbons (Fsp3) is 0.650. The molecule has 7 heteroatoms. The molecule has 1 amide bonds. The number of rotatable bonds is 8. The monoisotopic (exact) mass is 395 g/mol. The van der Waals surface area contributed by atoms with Crippen LogP contribution in [0.3, 0.4) is 0 Å². The van der Waals surface area contributed by atoms with Crippen molar-refractivity contribution in [3.05, 3.63) is 29.8 Å². The lowest BCUT2D eigenvalue weighted by atomic mass is 9.94. The summed E-state index contributed by atoms with van der Waals surface area (Å²) >= 11 is 0. The summed E-state index contributed by atoms with van der Waals surface area (Å²) in [6.45, 7) is 12.7. The summed E-state index contributed by atoms with van der Waals surface area (Å²) in [5.41, 5.74) is 0.480. The van der Waals surface area contributed by atoms with E-state index in [1.165, 1.54) is 0 Å². The average Bonchev–Trinajstić information content (AvgIpc) is 2.64. The minimum Gasteiger partial charge on any atom is -0.351 e. The van der Waals surface area contributed by atoms with Crippen LogP contribution in [0, 0.1) is 11.8 Å². The average molecular weight is 396 g/mol. The van der Waals surface area contributed by atoms with E-state index in [0.717, 1.165) is 26.1 Å². The van der Waals surface area contributed by atoms with Crippen LogP contribution in [0.1, 0.15) is 44.5 Å². The molecule has 0 aliphatic carbocycles. The minimum absolute atomic E-state index is 0.175. The maximum Gasteiger partial charge on any atom is 0.251 e. The van der Waals surface area contributed by atoms with Crippen LogP contribution in [0.4, 0.5) is 0 Å². The number of hydrogen-bond donors (Lipinski definition) is 1. The highest BCUT2D eigenvalue weighted by Crippen LogP contribution is 2.26. The standard InChI is InChI=1S/C20H33N3O3S/c1-5-22(6-2)12-11-21-20(24)18-7-9-19(10-8-18)27(25,26)23-14-16(3)13-17(4)15-23/h7-10,16-17H,5-6,11-15H2,1-4H3,(H,21,24)/t16-,17+. The van der Waals surface area contributed by atoms with E-state index in [-0.39, 0.29) is 10.8 Å². The molecular weight excluding hydrogens is 362 g/mol. The summed E-state index contributed by atoms with van der Waals surface area (Å²) in [6, 6.07) is 6.27. The molecule has 0 unspecified atom stereocenters. The van der Waals surface area contributed by atoms with Crippen molar-refractivity contribution in [3.63, 3.8) is 0 Å². The summed E-state index contributed by atoms with van der Waals surface area (Å²) in [4.78, 5) is 14.7. The van der Waals surface area contributed by atoms with Gasteiger partial charge in [0.05, 0.1) is 4.90 Å². The van der Waals surface area contributed by atoms with E-state index in [1.807, 2.05) is 0 Å². The Morgan fingerprint density at radius 3 is 2.19 bits per heavy atom. The van der Waals surface area contributed by atoms with Crippen molar-refractivity contribution in [2.24, 2.45) is 11.8 Å². The first kappa shape index (κ1) is 21.9. The molecule has 6 nitrogen and oxygen atoms in total. The fourth-order valence-corrected chi connectivity index (χ4v) is 5.38. The Morgan fingerprint density at radius 2 is 1.67 bits per heavy atom. The fourth-order valence-electron chi connectivity index (χ4n) is 3.70. The van der Waals surface area contributed by atoms with Gasteiger partial charge in [0.25, 0.3) is 5.91 Å². The van der Waals surface area contributed by atoms with Crippen LogP contribution in [0.2, 0.25) is 0 Å². The van der Waals surface area contributed by atoms with E-state index >= 15 is 0 Å². The lowest BCUT2D eigenvalue weighted by molar-refractivity contribution is 0.0949. The van der Waals surface area contributed by atoms with Crippen LogP contribution < -0.4 is 5.32 Å². The van der Waals surface area contributed by atoms with E-state index in [9.17, 15) is 13.2 Å². The SMILES string of the molecule is CCN(CC)CCNC(=O)c1ccc(S(=O)(=O)N2C[C@H](C)C[C@H](C)C2)cc1. The Bertz CT molecular complexity index is 704. The maximum absolute atomic E-state index is 12.9. The van der Waals surface area contributed by atoms with Crippen molar-refractivity contribution >= 4 is 15.9 Å². The molecule has 1 aliphatic rings. The second-order valence-corrected chi connectivity index (χ2v) is 9.51. The Balaban J connectivity index is 2.00. The van der Waals surface area contributed by atoms with Gasteiger partial charge >= 0.3 is 0 Å². The van der Waals surface area contributed by atoms with Crippen molar-refractivity contribution in [2.75, 3.05) is 39.3 Å². The number of likely N-dealkylation sites (N-methyl/N-ethyl adjacent to an activating group) is 1. The topological polar surface area (TPSA) is 69.7 Å². The van der Waals surface area contributed by atoms with Gasteiger partial charge in [-0.05, 0) is 55.6 Å². The van der Waals surface area contributed by atoms with Gasteiger partial charge in [-0.1, -0.05) is 27.7 Å². The highest BCUT2D eigenvalue weighted by atomic mass is 32.2. The summed E-state index contributed by atoms with van der Waals surface area (Å²) in [6.07, 6.45) is 1.05. The summed E-state index contributed by atoms with van der Waals surface area (Å²) in [5, 5.41) is 2.89. The molecule has 0 radical (unpaired) electrons. The van der Waals surface area contributed by atoms with Gasteiger partial charge in [-0.15, -0.1) is 0 Å². The first-order chi connectivity index (χ1) is 12.8. The molecule has 1 fully saturated rings. The summed E-state index contributed by atoms with van der Waals surface area (Å²) in [7, 11) is -3.51. The van der Waals surface area contributed by atoms with Crippen LogP contribution in [-0.4, -0.2) is 62.8 Å². The van der Waals surface area contributed by atoms with E-state index in [0.29, 0.717) is 37.0 Å². The number of benzene rings is 1. The Kier molecular flexibility index (Phi) is 7.82. The number of hydrogen-bond acceptors (Lipinski definition) is 4. The molecule has 1 saturated heterocycles. The number of sulfonamides is 1. The molecule has 152 valence electrons. The molecule has 0 spiro atoms. The number of nitrogens with one attached hydrogen (secondary N) is 1. The molecule has 0 bridgehead atoms. The number of carbonyl (C=O) groups excluding carboxylic acids is 1. The van der Waals surface area contributed by atoms with Crippen molar-refractivity contribution in [1.82, 2.24) is 14.5 Å². The minimum atomic E-state index is -3.51. The zero-order valence-electron chi connectivity index (χ0n) is 16.9. The number of amides is 1. The lowest BCUT2D eigenvalue weighted by Crippen LogP contribution is -2.42. The normalized spacial score (nSPS) is 21.4. The van der Waals surface area contributed by atoms with Gasteiger partial charge in [0.1, 0.15) is 0 Å². The smallest absolute Gasteiger partial charge is 0.251 e. The Morgan fingerprint density at radius 1 is 1.11 bits per heavy atom. The van der Waals surface area contributed by atoms with E-state index in [2.05, 4.69) is 37.9 Å². The van der Waals surface area contributed by atoms with E-state index < -0.39 is 10.0 Å². The van der Waals surface area contributed by atoms with Crippen LogP contribution in [0.25, 0.3) is 0 Å². The van der Waals surface area contributed by atoms with Crippen LogP contribution in [0.5, 0.6) is 0 Å². The molecule has 27 heavy (non-hydrogen) atoms. The largest absolute Gasteiger partial charge is 0.351 e. The van der Waals surface area contributed by atoms with Crippen molar-refractivity contribution < 1.29 is 13.2 Å². The first-order valence-corrected chi connectivity index (χ1v) is 11.3. The predicted octanol–water partition coefficient (Wildman–Crippen LogP) is 2.42. The quantitative estimate of drug-likeness (QED) is 0.734. The van der Waals surface area contributed by atoms with Crippen LogP contribution >= 0.6 is 0 Å². The van der Waals surface area contributed by atoms with Gasteiger partial charge in [0, 0.05) is 31.7 Å². The predicted molar refractivity (Wildman–Crippen MR) is 108 cm³/mol. The number of piperidine rings is 1. The molecule has 0 saturated carbocycles. The summed E-state index contributed by atoms with van der Waals surface area (Å²) in [5.74, 6) is 0.546. The highest BCUT2D eigenvalue weighted by molar-refractivity contribution is 7.89. The maximum atomic E-state index is 12.9. The second-order valence-electron chi connectivity index (χ2n) is 7.58. The highest BCUT2D eigenvalue weighted by Gasteiger charge is 2.31. The molecule has 2 atom stereocenters. The van der Waals surface area contributed by atoms with Gasteiger partial charge in [-0.2, -0.15) is 4.31 Å². The molecular formula is C20H33N3O3S. The molecule has 1 aliphatic heterocycles. The molecule has 1 N–H and O–H groups in total. The Hall–Kier alpha value is -1.44.